The second kappa shape index (κ2) is 6.13. The minimum atomic E-state index is -0.190. The van der Waals surface area contributed by atoms with E-state index < -0.39 is 0 Å². The standard InChI is InChI=1S/C14H21N3O4/c1-9-4-13(16-21-9)14(19)15-10-5-11-8-20-12(2-3-18)7-17(11)6-10/h4,10-12,18H,2-3,5-8H2,1H3,(H,15,19)/t10-,11+,12+/m1/s1. The van der Waals surface area contributed by atoms with Gasteiger partial charge >= 0.3 is 0 Å². The van der Waals surface area contributed by atoms with Gasteiger partial charge in [0.2, 0.25) is 0 Å². The van der Waals surface area contributed by atoms with Gasteiger partial charge in [0.1, 0.15) is 5.76 Å². The first-order valence-corrected chi connectivity index (χ1v) is 7.36. The monoisotopic (exact) mass is 295 g/mol. The van der Waals surface area contributed by atoms with Crippen molar-refractivity contribution in [2.45, 2.75) is 38.0 Å². The molecule has 2 N–H and O–H groups in total. The van der Waals surface area contributed by atoms with Gasteiger partial charge in [-0.15, -0.1) is 0 Å². The fourth-order valence-corrected chi connectivity index (χ4v) is 3.10. The van der Waals surface area contributed by atoms with Crippen molar-refractivity contribution in [2.75, 3.05) is 26.3 Å². The molecule has 2 aliphatic heterocycles. The summed E-state index contributed by atoms with van der Waals surface area (Å²) in [5.74, 6) is 0.439. The summed E-state index contributed by atoms with van der Waals surface area (Å²) in [6, 6.07) is 2.10. The van der Waals surface area contributed by atoms with Crippen molar-refractivity contribution in [3.63, 3.8) is 0 Å². The number of carbonyl (C=O) groups is 1. The summed E-state index contributed by atoms with van der Waals surface area (Å²) in [4.78, 5) is 14.4. The van der Waals surface area contributed by atoms with E-state index in [1.54, 1.807) is 13.0 Å². The van der Waals surface area contributed by atoms with Crippen molar-refractivity contribution in [3.8, 4) is 0 Å². The highest BCUT2D eigenvalue weighted by Crippen LogP contribution is 2.24. The molecule has 0 radical (unpaired) electrons. The molecule has 0 saturated carbocycles. The summed E-state index contributed by atoms with van der Waals surface area (Å²) in [5, 5.41) is 15.7. The van der Waals surface area contributed by atoms with Crippen LogP contribution in [-0.2, 0) is 4.74 Å². The Bertz CT molecular complexity index is 504. The van der Waals surface area contributed by atoms with Gasteiger partial charge in [0.25, 0.3) is 5.91 Å². The predicted molar refractivity (Wildman–Crippen MR) is 73.9 cm³/mol. The van der Waals surface area contributed by atoms with Crippen LogP contribution in [0.1, 0.15) is 29.1 Å². The third-order valence-electron chi connectivity index (χ3n) is 4.14. The van der Waals surface area contributed by atoms with E-state index in [1.807, 2.05) is 0 Å². The Morgan fingerprint density at radius 2 is 2.43 bits per heavy atom. The molecule has 3 rings (SSSR count). The molecule has 116 valence electrons. The molecule has 1 aromatic rings. The zero-order valence-corrected chi connectivity index (χ0v) is 12.1. The number of carbonyl (C=O) groups excluding carboxylic acids is 1. The quantitative estimate of drug-likeness (QED) is 0.809. The maximum atomic E-state index is 12.1. The molecule has 0 spiro atoms. The van der Waals surface area contributed by atoms with E-state index in [1.165, 1.54) is 0 Å². The number of rotatable bonds is 4. The van der Waals surface area contributed by atoms with E-state index in [9.17, 15) is 4.79 Å². The predicted octanol–water partition coefficient (Wildman–Crippen LogP) is -0.0631. The first-order valence-electron chi connectivity index (χ1n) is 7.36. The molecular formula is C14H21N3O4. The van der Waals surface area contributed by atoms with Crippen LogP contribution in [0, 0.1) is 6.92 Å². The summed E-state index contributed by atoms with van der Waals surface area (Å²) in [5.41, 5.74) is 0.326. The maximum absolute atomic E-state index is 12.1. The molecule has 2 fully saturated rings. The number of nitrogens with zero attached hydrogens (tertiary/aromatic N) is 2. The van der Waals surface area contributed by atoms with Gasteiger partial charge < -0.3 is 19.7 Å². The van der Waals surface area contributed by atoms with Crippen molar-refractivity contribution < 1.29 is 19.2 Å². The number of hydrogen-bond acceptors (Lipinski definition) is 6. The molecule has 0 unspecified atom stereocenters. The minimum Gasteiger partial charge on any atom is -0.396 e. The Morgan fingerprint density at radius 3 is 3.14 bits per heavy atom. The van der Waals surface area contributed by atoms with E-state index >= 15 is 0 Å². The number of morpholine rings is 1. The average molecular weight is 295 g/mol. The lowest BCUT2D eigenvalue weighted by molar-refractivity contribution is -0.0566. The summed E-state index contributed by atoms with van der Waals surface area (Å²) in [6.45, 7) is 4.21. The number of nitrogens with one attached hydrogen (secondary N) is 1. The van der Waals surface area contributed by atoms with Crippen LogP contribution in [0.15, 0.2) is 10.6 Å². The first kappa shape index (κ1) is 14.5. The van der Waals surface area contributed by atoms with Crippen LogP contribution < -0.4 is 5.32 Å². The number of hydrogen-bond donors (Lipinski definition) is 2. The van der Waals surface area contributed by atoms with Gasteiger partial charge in [-0.25, -0.2) is 0 Å². The van der Waals surface area contributed by atoms with Crippen LogP contribution in [0.3, 0.4) is 0 Å². The van der Waals surface area contributed by atoms with E-state index in [2.05, 4.69) is 15.4 Å². The van der Waals surface area contributed by atoms with E-state index in [4.69, 9.17) is 14.4 Å². The maximum Gasteiger partial charge on any atom is 0.273 e. The van der Waals surface area contributed by atoms with Gasteiger partial charge in [-0.1, -0.05) is 5.16 Å². The van der Waals surface area contributed by atoms with E-state index in [-0.39, 0.29) is 24.7 Å². The molecule has 2 aliphatic rings. The third kappa shape index (κ3) is 3.25. The Morgan fingerprint density at radius 1 is 1.57 bits per heavy atom. The molecule has 0 aromatic carbocycles. The smallest absolute Gasteiger partial charge is 0.273 e. The first-order chi connectivity index (χ1) is 10.2. The molecule has 2 saturated heterocycles. The highest BCUT2D eigenvalue weighted by atomic mass is 16.5. The summed E-state index contributed by atoms with van der Waals surface area (Å²) in [6.07, 6.45) is 1.64. The molecule has 1 amide bonds. The summed E-state index contributed by atoms with van der Waals surface area (Å²) in [7, 11) is 0. The minimum absolute atomic E-state index is 0.0962. The molecule has 7 nitrogen and oxygen atoms in total. The number of aliphatic hydroxyl groups is 1. The molecule has 3 heterocycles. The Balaban J connectivity index is 1.54. The van der Waals surface area contributed by atoms with Crippen LogP contribution in [0.4, 0.5) is 0 Å². The number of aliphatic hydroxyl groups excluding tert-OH is 1. The molecular weight excluding hydrogens is 274 g/mol. The second-order valence-electron chi connectivity index (χ2n) is 5.80. The van der Waals surface area contributed by atoms with Gasteiger partial charge in [-0.3, -0.25) is 9.69 Å². The van der Waals surface area contributed by atoms with Crippen molar-refractivity contribution >= 4 is 5.91 Å². The fourth-order valence-electron chi connectivity index (χ4n) is 3.10. The van der Waals surface area contributed by atoms with Crippen LogP contribution in [0.2, 0.25) is 0 Å². The summed E-state index contributed by atoms with van der Waals surface area (Å²) < 4.78 is 10.7. The lowest BCUT2D eigenvalue weighted by Crippen LogP contribution is -2.46. The molecule has 0 aliphatic carbocycles. The van der Waals surface area contributed by atoms with Crippen molar-refractivity contribution in [2.24, 2.45) is 0 Å². The second-order valence-corrected chi connectivity index (χ2v) is 5.80. The topological polar surface area (TPSA) is 87.8 Å². The largest absolute Gasteiger partial charge is 0.396 e. The lowest BCUT2D eigenvalue weighted by Gasteiger charge is -2.34. The number of aromatic nitrogens is 1. The zero-order valence-electron chi connectivity index (χ0n) is 12.1. The van der Waals surface area contributed by atoms with Gasteiger partial charge in [0, 0.05) is 37.8 Å². The van der Waals surface area contributed by atoms with E-state index in [0.717, 1.165) is 19.5 Å². The van der Waals surface area contributed by atoms with Gasteiger partial charge in [0.05, 0.1) is 12.7 Å². The number of ether oxygens (including phenoxy) is 1. The SMILES string of the molecule is Cc1cc(C(=O)N[C@@H]2C[C@H]3CO[C@@H](CCO)CN3C2)no1. The summed E-state index contributed by atoms with van der Waals surface area (Å²) >= 11 is 0. The Kier molecular flexibility index (Phi) is 4.23. The van der Waals surface area contributed by atoms with Crippen LogP contribution in [-0.4, -0.2) is 65.6 Å². The van der Waals surface area contributed by atoms with E-state index in [0.29, 0.717) is 30.5 Å². The molecule has 1 aromatic heterocycles. The number of fused-ring (bicyclic) bond motifs is 1. The normalized spacial score (nSPS) is 29.3. The molecule has 0 bridgehead atoms. The van der Waals surface area contributed by atoms with Gasteiger partial charge in [-0.05, 0) is 19.8 Å². The van der Waals surface area contributed by atoms with Crippen LogP contribution in [0.5, 0.6) is 0 Å². The van der Waals surface area contributed by atoms with Crippen molar-refractivity contribution in [3.05, 3.63) is 17.5 Å². The van der Waals surface area contributed by atoms with Gasteiger partial charge in [-0.2, -0.15) is 0 Å². The Labute approximate surface area is 123 Å². The zero-order chi connectivity index (χ0) is 14.8. The molecule has 3 atom stereocenters. The van der Waals surface area contributed by atoms with Crippen molar-refractivity contribution in [1.29, 1.82) is 0 Å². The highest BCUT2D eigenvalue weighted by molar-refractivity contribution is 5.92. The Hall–Kier alpha value is -1.44. The number of amides is 1. The fraction of sp³-hybridized carbons (Fsp3) is 0.714. The van der Waals surface area contributed by atoms with Crippen LogP contribution in [0.25, 0.3) is 0 Å². The van der Waals surface area contributed by atoms with Gasteiger partial charge in [0.15, 0.2) is 5.69 Å². The van der Waals surface area contributed by atoms with Crippen LogP contribution >= 0.6 is 0 Å². The molecule has 7 heteroatoms. The third-order valence-corrected chi connectivity index (χ3v) is 4.14. The number of aryl methyl sites for hydroxylation is 1. The van der Waals surface area contributed by atoms with Crippen molar-refractivity contribution in [1.82, 2.24) is 15.4 Å². The average Bonchev–Trinajstić information content (AvgIpc) is 3.04. The molecule has 21 heavy (non-hydrogen) atoms. The lowest BCUT2D eigenvalue weighted by atomic mass is 10.1. The highest BCUT2D eigenvalue weighted by Gasteiger charge is 2.37.